The first kappa shape index (κ1) is 40.6. The highest BCUT2D eigenvalue weighted by Gasteiger charge is 2.29. The van der Waals surface area contributed by atoms with Crippen LogP contribution in [0.1, 0.15) is 36.8 Å². The third-order valence-corrected chi connectivity index (χ3v) is 8.77. The third kappa shape index (κ3) is 13.7. The van der Waals surface area contributed by atoms with Crippen LogP contribution in [0.2, 0.25) is 0 Å². The van der Waals surface area contributed by atoms with Gasteiger partial charge in [0.15, 0.2) is 11.9 Å². The SMILES string of the molecule is N=C(N)NCCCCNC(=O)CN(Cc1ccc(-c2ccccc2)cc1)C(=O)[C@H](CCCNC(=N)N)NC(=O)[C@@H](N)Cc1ccc(-c2ccccc2)cc1. The Kier molecular flexibility index (Phi) is 16.0. The van der Waals surface area contributed by atoms with Crippen LogP contribution in [-0.4, -0.2) is 72.8 Å². The van der Waals surface area contributed by atoms with Crippen LogP contribution < -0.4 is 38.5 Å². The lowest BCUT2D eigenvalue weighted by Gasteiger charge is -2.29. The van der Waals surface area contributed by atoms with E-state index in [1.54, 1.807) is 0 Å². The second-order valence-corrected chi connectivity index (χ2v) is 13.1. The molecular weight excluding hydrogens is 681 g/mol. The highest BCUT2D eigenvalue weighted by Crippen LogP contribution is 2.21. The number of hydrogen-bond donors (Lipinski definition) is 9. The van der Waals surface area contributed by atoms with E-state index in [-0.39, 0.29) is 43.8 Å². The lowest BCUT2D eigenvalue weighted by molar-refractivity contribution is -0.140. The van der Waals surface area contributed by atoms with Crippen LogP contribution in [-0.2, 0) is 27.3 Å². The van der Waals surface area contributed by atoms with Gasteiger partial charge in [-0.3, -0.25) is 25.2 Å². The van der Waals surface area contributed by atoms with Gasteiger partial charge in [0.1, 0.15) is 6.04 Å². The average molecular weight is 733 g/mol. The van der Waals surface area contributed by atoms with Gasteiger partial charge in [0.05, 0.1) is 12.6 Å². The first-order chi connectivity index (χ1) is 26.1. The van der Waals surface area contributed by atoms with Crippen molar-refractivity contribution in [2.24, 2.45) is 17.2 Å². The molecule has 13 heteroatoms. The van der Waals surface area contributed by atoms with Gasteiger partial charge in [-0.2, -0.15) is 0 Å². The molecule has 4 aromatic rings. The van der Waals surface area contributed by atoms with Crippen molar-refractivity contribution in [1.29, 1.82) is 10.8 Å². The van der Waals surface area contributed by atoms with Gasteiger partial charge in [0.2, 0.25) is 17.7 Å². The van der Waals surface area contributed by atoms with E-state index in [0.717, 1.165) is 33.4 Å². The van der Waals surface area contributed by atoms with Crippen LogP contribution in [0.3, 0.4) is 0 Å². The van der Waals surface area contributed by atoms with E-state index < -0.39 is 23.9 Å². The minimum absolute atomic E-state index is 0.109. The van der Waals surface area contributed by atoms with Gasteiger partial charge < -0.3 is 43.4 Å². The molecule has 13 nitrogen and oxygen atoms in total. The second-order valence-electron chi connectivity index (χ2n) is 13.1. The fraction of sp³-hybridized carbons (Fsp3) is 0.293. The van der Waals surface area contributed by atoms with Crippen LogP contribution in [0.15, 0.2) is 109 Å². The van der Waals surface area contributed by atoms with Crippen molar-refractivity contribution in [3.8, 4) is 22.3 Å². The molecule has 0 saturated heterocycles. The number of guanidine groups is 2. The number of nitrogens with zero attached hydrogens (tertiary/aromatic N) is 1. The lowest BCUT2D eigenvalue weighted by Crippen LogP contribution is -2.54. The van der Waals surface area contributed by atoms with Gasteiger partial charge in [-0.05, 0) is 65.5 Å². The van der Waals surface area contributed by atoms with Gasteiger partial charge >= 0.3 is 0 Å². The Bertz CT molecular complexity index is 1800. The van der Waals surface area contributed by atoms with Gasteiger partial charge in [0, 0.05) is 26.2 Å². The normalized spacial score (nSPS) is 11.8. The molecule has 0 saturated carbocycles. The summed E-state index contributed by atoms with van der Waals surface area (Å²) in [5, 5.41) is 26.0. The fourth-order valence-corrected chi connectivity index (χ4v) is 5.89. The van der Waals surface area contributed by atoms with E-state index >= 15 is 0 Å². The van der Waals surface area contributed by atoms with Crippen LogP contribution >= 0.6 is 0 Å². The number of nitrogens with two attached hydrogens (primary N) is 3. The molecule has 54 heavy (non-hydrogen) atoms. The molecule has 284 valence electrons. The lowest BCUT2D eigenvalue weighted by atomic mass is 10.00. The number of carbonyl (C=O) groups excluding carboxylic acids is 3. The summed E-state index contributed by atoms with van der Waals surface area (Å²) in [7, 11) is 0. The Hall–Kier alpha value is -6.21. The summed E-state index contributed by atoms with van der Waals surface area (Å²) in [6.07, 6.45) is 2.23. The Morgan fingerprint density at radius 3 is 1.59 bits per heavy atom. The van der Waals surface area contributed by atoms with Gasteiger partial charge in [-0.25, -0.2) is 0 Å². The van der Waals surface area contributed by atoms with Crippen molar-refractivity contribution in [2.45, 2.75) is 50.7 Å². The summed E-state index contributed by atoms with van der Waals surface area (Å²) >= 11 is 0. The predicted octanol–water partition coefficient (Wildman–Crippen LogP) is 3.05. The molecule has 0 spiro atoms. The summed E-state index contributed by atoms with van der Waals surface area (Å²) in [4.78, 5) is 42.5. The minimum atomic E-state index is -0.994. The van der Waals surface area contributed by atoms with Crippen molar-refractivity contribution < 1.29 is 14.4 Å². The molecule has 3 amide bonds. The first-order valence-electron chi connectivity index (χ1n) is 18.1. The van der Waals surface area contributed by atoms with E-state index in [1.807, 2.05) is 109 Å². The molecule has 12 N–H and O–H groups in total. The van der Waals surface area contributed by atoms with Gasteiger partial charge in [-0.1, -0.05) is 109 Å². The van der Waals surface area contributed by atoms with Crippen molar-refractivity contribution in [3.05, 3.63) is 120 Å². The standard InChI is InChI=1S/C41H52N10O3/c42-35(26-29-15-19-33(20-16-29)31-10-3-1-4-11-31)38(53)50-36(14-9-25-49-41(45)46)39(54)51(28-37(52)47-23-7-8-24-48-40(43)44)27-30-17-21-34(22-18-30)32-12-5-2-6-13-32/h1-6,10-13,15-22,35-36H,7-9,14,23-28,42H2,(H,47,52)(H,50,53)(H4,43,44,48)(H4,45,46,49)/t35-,36-/m0/s1. The number of benzene rings is 4. The number of carbonyl (C=O) groups is 3. The first-order valence-corrected chi connectivity index (χ1v) is 18.1. The Morgan fingerprint density at radius 2 is 1.07 bits per heavy atom. The van der Waals surface area contributed by atoms with Crippen LogP contribution in [0.25, 0.3) is 22.3 Å². The Balaban J connectivity index is 1.48. The third-order valence-electron chi connectivity index (χ3n) is 8.77. The highest BCUT2D eigenvalue weighted by atomic mass is 16.2. The zero-order valence-electron chi connectivity index (χ0n) is 30.5. The molecule has 0 unspecified atom stereocenters. The number of unbranched alkanes of at least 4 members (excludes halogenated alkanes) is 1. The molecule has 4 rings (SSSR count). The summed E-state index contributed by atoms with van der Waals surface area (Å²) in [5.74, 6) is -1.57. The zero-order chi connectivity index (χ0) is 38.7. The van der Waals surface area contributed by atoms with Gasteiger partial charge in [0.25, 0.3) is 0 Å². The zero-order valence-corrected chi connectivity index (χ0v) is 30.5. The van der Waals surface area contributed by atoms with E-state index in [0.29, 0.717) is 38.9 Å². The molecule has 0 aliphatic carbocycles. The number of hydrogen-bond acceptors (Lipinski definition) is 6. The van der Waals surface area contributed by atoms with Crippen LogP contribution in [0, 0.1) is 10.8 Å². The van der Waals surface area contributed by atoms with Crippen molar-refractivity contribution in [1.82, 2.24) is 26.2 Å². The Labute approximate surface area is 317 Å². The molecule has 0 aliphatic rings. The quantitative estimate of drug-likeness (QED) is 0.0372. The summed E-state index contributed by atoms with van der Waals surface area (Å²) < 4.78 is 0. The van der Waals surface area contributed by atoms with E-state index in [1.165, 1.54) is 4.90 Å². The maximum atomic E-state index is 14.3. The van der Waals surface area contributed by atoms with Crippen molar-refractivity contribution in [2.75, 3.05) is 26.2 Å². The van der Waals surface area contributed by atoms with Crippen LogP contribution in [0.5, 0.6) is 0 Å². The highest BCUT2D eigenvalue weighted by molar-refractivity contribution is 5.92. The average Bonchev–Trinajstić information content (AvgIpc) is 3.17. The molecule has 0 fully saturated rings. The van der Waals surface area contributed by atoms with E-state index in [4.69, 9.17) is 28.0 Å². The summed E-state index contributed by atoms with van der Waals surface area (Å²) in [6.45, 7) is 1.10. The molecular formula is C41H52N10O3. The molecule has 4 aromatic carbocycles. The molecule has 0 aliphatic heterocycles. The molecule has 0 radical (unpaired) electrons. The number of nitrogens with one attached hydrogen (secondary N) is 6. The second kappa shape index (κ2) is 21.3. The smallest absolute Gasteiger partial charge is 0.245 e. The summed E-state index contributed by atoms with van der Waals surface area (Å²) in [5.41, 5.74) is 23.1. The Morgan fingerprint density at radius 1 is 0.611 bits per heavy atom. The van der Waals surface area contributed by atoms with Crippen molar-refractivity contribution in [3.63, 3.8) is 0 Å². The number of rotatable bonds is 20. The predicted molar refractivity (Wildman–Crippen MR) is 214 cm³/mol. The van der Waals surface area contributed by atoms with Crippen molar-refractivity contribution >= 4 is 29.6 Å². The fourth-order valence-electron chi connectivity index (χ4n) is 5.89. The molecule has 2 atom stereocenters. The van der Waals surface area contributed by atoms with E-state index in [9.17, 15) is 14.4 Å². The maximum absolute atomic E-state index is 14.3. The molecule has 0 heterocycles. The minimum Gasteiger partial charge on any atom is -0.370 e. The largest absolute Gasteiger partial charge is 0.370 e. The molecule has 0 bridgehead atoms. The van der Waals surface area contributed by atoms with Gasteiger partial charge in [-0.15, -0.1) is 0 Å². The molecule has 0 aromatic heterocycles. The number of amides is 3. The van der Waals surface area contributed by atoms with Crippen LogP contribution in [0.4, 0.5) is 0 Å². The summed E-state index contributed by atoms with van der Waals surface area (Å²) in [6, 6.07) is 33.6. The van der Waals surface area contributed by atoms with E-state index in [2.05, 4.69) is 21.3 Å². The monoisotopic (exact) mass is 732 g/mol. The topological polar surface area (TPSA) is 228 Å². The maximum Gasteiger partial charge on any atom is 0.245 e.